The number of aliphatic hydroxyl groups excluding tert-OH is 1. The van der Waals surface area contributed by atoms with Crippen molar-refractivity contribution in [1.29, 1.82) is 0 Å². The summed E-state index contributed by atoms with van der Waals surface area (Å²) < 4.78 is 0. The number of amides is 2. The Morgan fingerprint density at radius 3 is 2.47 bits per heavy atom. The molecule has 2 amide bonds. The van der Waals surface area contributed by atoms with Crippen LogP contribution in [0.3, 0.4) is 0 Å². The fourth-order valence-corrected chi connectivity index (χ4v) is 3.13. The largest absolute Gasteiger partial charge is 0.395 e. The molecule has 1 aliphatic rings. The number of nitrogens with one attached hydrogen (secondary N) is 2. The summed E-state index contributed by atoms with van der Waals surface area (Å²) in [4.78, 5) is 11.9. The van der Waals surface area contributed by atoms with Crippen molar-refractivity contribution in [3.05, 3.63) is 0 Å². The number of thioether (sulfide) groups is 1. The minimum Gasteiger partial charge on any atom is -0.395 e. The van der Waals surface area contributed by atoms with Gasteiger partial charge >= 0.3 is 6.03 Å². The zero-order valence-electron chi connectivity index (χ0n) is 12.5. The predicted octanol–water partition coefficient (Wildman–Crippen LogP) is 2.37. The summed E-state index contributed by atoms with van der Waals surface area (Å²) >= 11 is 1.57. The van der Waals surface area contributed by atoms with Crippen LogP contribution in [-0.2, 0) is 0 Å². The molecule has 0 saturated heterocycles. The van der Waals surface area contributed by atoms with Crippen LogP contribution in [0.5, 0.6) is 0 Å². The van der Waals surface area contributed by atoms with Crippen molar-refractivity contribution in [3.63, 3.8) is 0 Å². The molecule has 19 heavy (non-hydrogen) atoms. The lowest BCUT2D eigenvalue weighted by Gasteiger charge is -2.35. The van der Waals surface area contributed by atoms with Gasteiger partial charge in [-0.05, 0) is 44.3 Å². The Labute approximate surface area is 121 Å². The normalized spacial score (nSPS) is 22.6. The fourth-order valence-electron chi connectivity index (χ4n) is 2.51. The highest BCUT2D eigenvalue weighted by atomic mass is 32.2. The van der Waals surface area contributed by atoms with Crippen LogP contribution in [0.1, 0.15) is 46.5 Å². The van der Waals surface area contributed by atoms with Crippen molar-refractivity contribution in [2.45, 2.75) is 63.8 Å². The Morgan fingerprint density at radius 1 is 1.42 bits per heavy atom. The zero-order chi connectivity index (χ0) is 14.5. The highest BCUT2D eigenvalue weighted by molar-refractivity contribution is 7.99. The lowest BCUT2D eigenvalue weighted by Crippen LogP contribution is -2.50. The first-order chi connectivity index (χ1) is 8.88. The van der Waals surface area contributed by atoms with Gasteiger partial charge in [-0.2, -0.15) is 11.8 Å². The number of carbonyl (C=O) groups is 1. The Morgan fingerprint density at radius 2 is 2.00 bits per heavy atom. The van der Waals surface area contributed by atoms with Gasteiger partial charge in [-0.1, -0.05) is 13.8 Å². The van der Waals surface area contributed by atoms with Gasteiger partial charge in [0.1, 0.15) is 0 Å². The number of urea groups is 1. The minimum atomic E-state index is -0.107. The van der Waals surface area contributed by atoms with E-state index in [1.54, 1.807) is 11.8 Å². The van der Waals surface area contributed by atoms with Crippen molar-refractivity contribution >= 4 is 17.8 Å². The predicted molar refractivity (Wildman–Crippen MR) is 81.6 cm³/mol. The van der Waals surface area contributed by atoms with Gasteiger partial charge in [0.05, 0.1) is 6.61 Å². The first kappa shape index (κ1) is 16.6. The van der Waals surface area contributed by atoms with Gasteiger partial charge in [-0.15, -0.1) is 0 Å². The van der Waals surface area contributed by atoms with Crippen LogP contribution in [0.25, 0.3) is 0 Å². The molecule has 0 aliphatic heterocycles. The molecule has 0 heterocycles. The quantitative estimate of drug-likeness (QED) is 0.728. The monoisotopic (exact) mass is 288 g/mol. The summed E-state index contributed by atoms with van der Waals surface area (Å²) in [6.45, 7) is 6.59. The second kappa shape index (κ2) is 7.39. The van der Waals surface area contributed by atoms with Crippen molar-refractivity contribution in [2.24, 2.45) is 5.41 Å². The maximum Gasteiger partial charge on any atom is 0.315 e. The fraction of sp³-hybridized carbons (Fsp3) is 0.929. The van der Waals surface area contributed by atoms with E-state index in [1.807, 2.05) is 13.2 Å². The van der Waals surface area contributed by atoms with Crippen LogP contribution in [0, 0.1) is 5.41 Å². The van der Waals surface area contributed by atoms with E-state index in [0.29, 0.717) is 11.5 Å². The first-order valence-electron chi connectivity index (χ1n) is 7.08. The molecule has 1 aliphatic carbocycles. The van der Waals surface area contributed by atoms with E-state index in [4.69, 9.17) is 0 Å². The molecule has 0 radical (unpaired) electrons. The van der Waals surface area contributed by atoms with E-state index < -0.39 is 0 Å². The average molecular weight is 288 g/mol. The van der Waals surface area contributed by atoms with E-state index in [1.165, 1.54) is 0 Å². The van der Waals surface area contributed by atoms with Gasteiger partial charge in [0.15, 0.2) is 0 Å². The van der Waals surface area contributed by atoms with Gasteiger partial charge in [-0.3, -0.25) is 0 Å². The molecule has 4 nitrogen and oxygen atoms in total. The molecule has 0 spiro atoms. The lowest BCUT2D eigenvalue weighted by atomic mass is 9.76. The molecule has 1 rings (SSSR count). The van der Waals surface area contributed by atoms with E-state index >= 15 is 0 Å². The van der Waals surface area contributed by atoms with E-state index in [-0.39, 0.29) is 23.9 Å². The molecule has 0 aromatic carbocycles. The summed E-state index contributed by atoms with van der Waals surface area (Å²) in [5.41, 5.74) is 0.419. The molecule has 2 unspecified atom stereocenters. The minimum absolute atomic E-state index is 0.0277. The van der Waals surface area contributed by atoms with Crippen LogP contribution in [0.15, 0.2) is 0 Å². The van der Waals surface area contributed by atoms with Crippen molar-refractivity contribution in [3.8, 4) is 0 Å². The van der Waals surface area contributed by atoms with Crippen LogP contribution in [0.4, 0.5) is 4.79 Å². The van der Waals surface area contributed by atoms with Crippen LogP contribution < -0.4 is 10.6 Å². The van der Waals surface area contributed by atoms with Gasteiger partial charge < -0.3 is 15.7 Å². The second-order valence-electron chi connectivity index (χ2n) is 6.30. The summed E-state index contributed by atoms with van der Waals surface area (Å²) in [6, 6.07) is 0.159. The summed E-state index contributed by atoms with van der Waals surface area (Å²) in [7, 11) is 0. The van der Waals surface area contributed by atoms with Gasteiger partial charge in [0.25, 0.3) is 0 Å². The molecular weight excluding hydrogens is 260 g/mol. The molecule has 2 atom stereocenters. The van der Waals surface area contributed by atoms with Crippen molar-refractivity contribution in [2.75, 3.05) is 12.9 Å². The third kappa shape index (κ3) is 5.61. The first-order valence-corrected chi connectivity index (χ1v) is 8.37. The second-order valence-corrected chi connectivity index (χ2v) is 7.38. The zero-order valence-corrected chi connectivity index (χ0v) is 13.3. The number of carbonyl (C=O) groups excluding carboxylic acids is 1. The molecule has 0 aromatic rings. The Bertz CT molecular complexity index is 283. The van der Waals surface area contributed by atoms with Crippen molar-refractivity contribution < 1.29 is 9.90 Å². The molecule has 0 aromatic heterocycles. The molecule has 1 fully saturated rings. The number of aliphatic hydroxyl groups is 1. The van der Waals surface area contributed by atoms with Crippen molar-refractivity contribution in [1.82, 2.24) is 10.6 Å². The van der Waals surface area contributed by atoms with Gasteiger partial charge in [0, 0.05) is 17.3 Å². The van der Waals surface area contributed by atoms with Crippen LogP contribution in [-0.4, -0.2) is 41.3 Å². The number of rotatable bonds is 5. The molecule has 5 heteroatoms. The van der Waals surface area contributed by atoms with Crippen LogP contribution >= 0.6 is 11.8 Å². The summed E-state index contributed by atoms with van der Waals surface area (Å²) in [6.07, 6.45) is 6.39. The highest BCUT2D eigenvalue weighted by Gasteiger charge is 2.28. The van der Waals surface area contributed by atoms with Crippen LogP contribution in [0.2, 0.25) is 0 Å². The Balaban J connectivity index is 2.32. The summed E-state index contributed by atoms with van der Waals surface area (Å²) in [5, 5.41) is 15.2. The maximum atomic E-state index is 11.9. The van der Waals surface area contributed by atoms with E-state index in [9.17, 15) is 9.90 Å². The Kier molecular flexibility index (Phi) is 6.47. The van der Waals surface area contributed by atoms with E-state index in [2.05, 4.69) is 24.5 Å². The molecule has 3 N–H and O–H groups in total. The summed E-state index contributed by atoms with van der Waals surface area (Å²) in [5.74, 6) is 0. The smallest absolute Gasteiger partial charge is 0.315 e. The van der Waals surface area contributed by atoms with Gasteiger partial charge in [-0.25, -0.2) is 4.79 Å². The average Bonchev–Trinajstić information content (AvgIpc) is 2.33. The number of hydrogen-bond acceptors (Lipinski definition) is 3. The lowest BCUT2D eigenvalue weighted by molar-refractivity contribution is 0.195. The Hall–Kier alpha value is -0.420. The maximum absolute atomic E-state index is 11.9. The highest BCUT2D eigenvalue weighted by Crippen LogP contribution is 2.34. The van der Waals surface area contributed by atoms with E-state index in [0.717, 1.165) is 25.7 Å². The third-order valence-corrected chi connectivity index (χ3v) is 5.24. The van der Waals surface area contributed by atoms with Gasteiger partial charge in [0.2, 0.25) is 0 Å². The molecule has 112 valence electrons. The molecular formula is C14H28N2O2S. The molecule has 0 bridgehead atoms. The topological polar surface area (TPSA) is 61.4 Å². The third-order valence-electron chi connectivity index (χ3n) is 4.07. The standard InChI is InChI=1S/C14H28N2O2S/c1-10(12(9-17)19-4)15-13(18)16-11-5-7-14(2,3)8-6-11/h10-12,17H,5-9H2,1-4H3,(H2,15,16,18). The molecule has 1 saturated carbocycles. The SMILES string of the molecule is CSC(CO)C(C)NC(=O)NC1CCC(C)(C)CC1. The number of hydrogen-bond donors (Lipinski definition) is 3.